The molecule has 0 saturated heterocycles. The summed E-state index contributed by atoms with van der Waals surface area (Å²) in [5.74, 6) is 0. The van der Waals surface area contributed by atoms with E-state index in [2.05, 4.69) is 229 Å². The standard InChI is InChI=1S/C53H37N/c1-6-19-38(20-7-1)40-24-18-31-45(35-40)54(44-29-14-5-15-30-44)46-33-34-48-50(37-46)53(42-25-10-3-11-26-42,43-27-12-4-13-28-43)52-47-32-17-16-23-41(47)36-49(51(48)52)39-21-8-2-9-22-39/h1-37H. The first-order valence-electron chi connectivity index (χ1n) is 18.7. The molecule has 0 heterocycles. The van der Waals surface area contributed by atoms with E-state index in [0.29, 0.717) is 0 Å². The third-order valence-corrected chi connectivity index (χ3v) is 11.1. The Morgan fingerprint density at radius 1 is 0.333 bits per heavy atom. The first-order chi connectivity index (χ1) is 26.8. The Morgan fingerprint density at radius 2 is 0.852 bits per heavy atom. The molecule has 0 atom stereocenters. The first kappa shape index (κ1) is 31.7. The molecule has 0 N–H and O–H groups in total. The second-order valence-electron chi connectivity index (χ2n) is 14.1. The molecule has 0 amide bonds. The fraction of sp³-hybridized carbons (Fsp3) is 0.0189. The summed E-state index contributed by atoms with van der Waals surface area (Å²) in [6, 6.07) is 82.1. The van der Waals surface area contributed by atoms with Gasteiger partial charge < -0.3 is 4.90 Å². The van der Waals surface area contributed by atoms with Crippen molar-refractivity contribution >= 4 is 27.8 Å². The van der Waals surface area contributed by atoms with E-state index in [1.54, 1.807) is 0 Å². The van der Waals surface area contributed by atoms with Gasteiger partial charge in [-0.05, 0) is 109 Å². The van der Waals surface area contributed by atoms with Crippen LogP contribution in [0.1, 0.15) is 22.3 Å². The Morgan fingerprint density at radius 3 is 1.52 bits per heavy atom. The van der Waals surface area contributed by atoms with Gasteiger partial charge >= 0.3 is 0 Å². The lowest BCUT2D eigenvalue weighted by Gasteiger charge is -2.35. The molecule has 0 bridgehead atoms. The summed E-state index contributed by atoms with van der Waals surface area (Å²) in [6.45, 7) is 0. The summed E-state index contributed by atoms with van der Waals surface area (Å²) < 4.78 is 0. The van der Waals surface area contributed by atoms with Crippen molar-refractivity contribution in [3.8, 4) is 33.4 Å². The zero-order valence-electron chi connectivity index (χ0n) is 29.8. The number of nitrogens with zero attached hydrogens (tertiary/aromatic N) is 1. The second kappa shape index (κ2) is 13.2. The van der Waals surface area contributed by atoms with Crippen molar-refractivity contribution in [1.29, 1.82) is 0 Å². The van der Waals surface area contributed by atoms with Crippen LogP contribution in [0.5, 0.6) is 0 Å². The summed E-state index contributed by atoms with van der Waals surface area (Å²) in [7, 11) is 0. The van der Waals surface area contributed by atoms with Gasteiger partial charge in [0.25, 0.3) is 0 Å². The maximum Gasteiger partial charge on any atom is 0.0720 e. The zero-order valence-corrected chi connectivity index (χ0v) is 29.8. The van der Waals surface area contributed by atoms with E-state index in [-0.39, 0.29) is 0 Å². The minimum atomic E-state index is -0.595. The molecule has 1 aliphatic rings. The fourth-order valence-electron chi connectivity index (χ4n) is 8.82. The molecule has 10 rings (SSSR count). The molecule has 1 nitrogen and oxygen atoms in total. The Hall–Kier alpha value is -6.96. The van der Waals surface area contributed by atoms with Crippen molar-refractivity contribution < 1.29 is 0 Å². The van der Waals surface area contributed by atoms with Gasteiger partial charge in [0, 0.05) is 17.1 Å². The van der Waals surface area contributed by atoms with E-state index < -0.39 is 5.41 Å². The minimum Gasteiger partial charge on any atom is -0.310 e. The highest BCUT2D eigenvalue weighted by molar-refractivity contribution is 6.07. The van der Waals surface area contributed by atoms with Crippen LogP contribution >= 0.6 is 0 Å². The predicted octanol–water partition coefficient (Wildman–Crippen LogP) is 14.0. The quantitative estimate of drug-likeness (QED) is 0.161. The molecular weight excluding hydrogens is 651 g/mol. The maximum atomic E-state index is 2.47. The summed E-state index contributed by atoms with van der Waals surface area (Å²) in [6.07, 6.45) is 0. The molecule has 9 aromatic rings. The van der Waals surface area contributed by atoms with Gasteiger partial charge in [-0.15, -0.1) is 0 Å². The second-order valence-corrected chi connectivity index (χ2v) is 14.1. The molecule has 1 aliphatic carbocycles. The molecule has 54 heavy (non-hydrogen) atoms. The van der Waals surface area contributed by atoms with Gasteiger partial charge in [0.15, 0.2) is 0 Å². The topological polar surface area (TPSA) is 3.24 Å². The molecule has 254 valence electrons. The largest absolute Gasteiger partial charge is 0.310 e. The van der Waals surface area contributed by atoms with Gasteiger partial charge in [0.05, 0.1) is 5.41 Å². The lowest BCUT2D eigenvalue weighted by Crippen LogP contribution is -2.29. The van der Waals surface area contributed by atoms with Crippen LogP contribution in [-0.2, 0) is 5.41 Å². The molecule has 0 radical (unpaired) electrons. The van der Waals surface area contributed by atoms with Crippen LogP contribution in [0.3, 0.4) is 0 Å². The molecular formula is C53H37N. The van der Waals surface area contributed by atoms with Crippen molar-refractivity contribution in [2.45, 2.75) is 5.41 Å². The summed E-state index contributed by atoms with van der Waals surface area (Å²) in [4.78, 5) is 2.41. The van der Waals surface area contributed by atoms with Crippen LogP contribution in [0.4, 0.5) is 17.1 Å². The van der Waals surface area contributed by atoms with Crippen molar-refractivity contribution in [3.05, 3.63) is 247 Å². The molecule has 0 aromatic heterocycles. The highest BCUT2D eigenvalue weighted by Crippen LogP contribution is 2.61. The lowest BCUT2D eigenvalue weighted by molar-refractivity contribution is 0.775. The summed E-state index contributed by atoms with van der Waals surface area (Å²) in [5.41, 5.74) is 15.3. The normalized spacial score (nSPS) is 12.6. The number of anilines is 3. The smallest absolute Gasteiger partial charge is 0.0720 e. The van der Waals surface area contributed by atoms with Gasteiger partial charge in [0.2, 0.25) is 0 Å². The molecule has 0 saturated carbocycles. The van der Waals surface area contributed by atoms with E-state index in [4.69, 9.17) is 0 Å². The van der Waals surface area contributed by atoms with E-state index in [9.17, 15) is 0 Å². The molecule has 0 aliphatic heterocycles. The van der Waals surface area contributed by atoms with Gasteiger partial charge in [-0.25, -0.2) is 0 Å². The average Bonchev–Trinajstić information content (AvgIpc) is 3.57. The molecule has 1 heteroatoms. The van der Waals surface area contributed by atoms with Gasteiger partial charge in [-0.2, -0.15) is 0 Å². The lowest BCUT2D eigenvalue weighted by atomic mass is 9.66. The Labute approximate surface area is 317 Å². The van der Waals surface area contributed by atoms with Gasteiger partial charge in [-0.3, -0.25) is 0 Å². The monoisotopic (exact) mass is 687 g/mol. The predicted molar refractivity (Wildman–Crippen MR) is 227 cm³/mol. The minimum absolute atomic E-state index is 0.595. The number of hydrogen-bond donors (Lipinski definition) is 0. The van der Waals surface area contributed by atoms with Crippen LogP contribution in [0.15, 0.2) is 224 Å². The zero-order chi connectivity index (χ0) is 35.9. The van der Waals surface area contributed by atoms with Gasteiger partial charge in [0.1, 0.15) is 0 Å². The van der Waals surface area contributed by atoms with Crippen molar-refractivity contribution in [2.24, 2.45) is 0 Å². The SMILES string of the molecule is c1ccc(-c2cccc(N(c3ccccc3)c3ccc4c(c3)C(c3ccccc3)(c3ccccc3)c3c-4c(-c4ccccc4)cc4ccccc34)c2)cc1. The van der Waals surface area contributed by atoms with Crippen molar-refractivity contribution in [3.63, 3.8) is 0 Å². The number of para-hydroxylation sites is 1. The van der Waals surface area contributed by atoms with Crippen molar-refractivity contribution in [2.75, 3.05) is 4.90 Å². The molecule has 0 spiro atoms. The van der Waals surface area contributed by atoms with E-state index in [0.717, 1.165) is 17.1 Å². The van der Waals surface area contributed by atoms with Crippen LogP contribution in [0.2, 0.25) is 0 Å². The highest BCUT2D eigenvalue weighted by atomic mass is 15.1. The van der Waals surface area contributed by atoms with E-state index in [1.165, 1.54) is 66.4 Å². The van der Waals surface area contributed by atoms with Crippen LogP contribution in [0.25, 0.3) is 44.2 Å². The first-order valence-corrected chi connectivity index (χ1v) is 18.7. The number of hydrogen-bond acceptors (Lipinski definition) is 1. The van der Waals surface area contributed by atoms with Crippen LogP contribution in [0, 0.1) is 0 Å². The van der Waals surface area contributed by atoms with E-state index in [1.807, 2.05) is 0 Å². The number of benzene rings is 9. The molecule has 0 fully saturated rings. The average molecular weight is 688 g/mol. The molecule has 0 unspecified atom stereocenters. The highest BCUT2D eigenvalue weighted by Gasteiger charge is 2.48. The van der Waals surface area contributed by atoms with Gasteiger partial charge in [-0.1, -0.05) is 182 Å². The summed E-state index contributed by atoms with van der Waals surface area (Å²) >= 11 is 0. The Kier molecular flexibility index (Phi) is 7.78. The summed E-state index contributed by atoms with van der Waals surface area (Å²) in [5, 5.41) is 2.51. The number of fused-ring (bicyclic) bond motifs is 5. The Balaban J connectivity index is 1.32. The molecule has 9 aromatic carbocycles. The Bertz CT molecular complexity index is 2700. The van der Waals surface area contributed by atoms with Crippen LogP contribution < -0.4 is 4.90 Å². The van der Waals surface area contributed by atoms with E-state index >= 15 is 0 Å². The maximum absolute atomic E-state index is 2.47. The van der Waals surface area contributed by atoms with Crippen molar-refractivity contribution in [1.82, 2.24) is 0 Å². The van der Waals surface area contributed by atoms with Crippen LogP contribution in [-0.4, -0.2) is 0 Å². The third-order valence-electron chi connectivity index (χ3n) is 11.1. The fourth-order valence-corrected chi connectivity index (χ4v) is 8.82. The third kappa shape index (κ3) is 5.09. The number of rotatable bonds is 7.